The summed E-state index contributed by atoms with van der Waals surface area (Å²) in [6.45, 7) is 7.42. The van der Waals surface area contributed by atoms with E-state index in [-0.39, 0.29) is 43.2 Å². The van der Waals surface area contributed by atoms with Gasteiger partial charge in [-0.3, -0.25) is 0 Å². The summed E-state index contributed by atoms with van der Waals surface area (Å²) in [5.41, 5.74) is 2.70. The number of halogens is 2. The zero-order valence-corrected chi connectivity index (χ0v) is 16.2. The van der Waals surface area contributed by atoms with Crippen molar-refractivity contribution in [2.24, 2.45) is 0 Å². The van der Waals surface area contributed by atoms with Crippen molar-refractivity contribution in [2.75, 3.05) is 0 Å². The minimum absolute atomic E-state index is 0. The molecule has 3 aliphatic carbocycles. The Labute approximate surface area is 144 Å². The smallest absolute Gasteiger partial charge is 1.00 e. The SMILES string of the molecule is C1=CC2=CC=CC2=C1.C[Si](C)(C)[Ti+2][C]1=CCC=C1.[Cl-].[Cl-]. The molecule has 0 heterocycles. The first-order valence-corrected chi connectivity index (χ1v) is 13.1. The molecule has 0 aromatic heterocycles. The van der Waals surface area contributed by atoms with Gasteiger partial charge in [-0.25, -0.2) is 0 Å². The Morgan fingerprint density at radius 1 is 0.900 bits per heavy atom. The van der Waals surface area contributed by atoms with Crippen LogP contribution in [0.15, 0.2) is 69.7 Å². The molecule has 0 radical (unpaired) electrons. The average Bonchev–Trinajstić information content (AvgIpc) is 2.88. The van der Waals surface area contributed by atoms with E-state index in [1.54, 1.807) is 3.88 Å². The van der Waals surface area contributed by atoms with E-state index in [2.05, 4.69) is 74.3 Å². The summed E-state index contributed by atoms with van der Waals surface area (Å²) in [5, 5.41) is 0. The normalized spacial score (nSPS) is 16.9. The van der Waals surface area contributed by atoms with Crippen molar-refractivity contribution in [1.82, 2.24) is 0 Å². The van der Waals surface area contributed by atoms with Crippen LogP contribution in [0.2, 0.25) is 19.6 Å². The molecule has 3 rings (SSSR count). The van der Waals surface area contributed by atoms with E-state index in [0.29, 0.717) is 0 Å². The first-order valence-electron chi connectivity index (χ1n) is 6.47. The maximum atomic E-state index is 2.47. The second kappa shape index (κ2) is 9.07. The van der Waals surface area contributed by atoms with Crippen LogP contribution in [0.3, 0.4) is 0 Å². The fourth-order valence-electron chi connectivity index (χ4n) is 1.99. The monoisotopic (exact) mass is 358 g/mol. The molecular weight excluding hydrogens is 339 g/mol. The molecule has 4 heteroatoms. The van der Waals surface area contributed by atoms with Crippen LogP contribution < -0.4 is 24.8 Å². The maximum Gasteiger partial charge on any atom is -1.00 e. The van der Waals surface area contributed by atoms with Crippen molar-refractivity contribution >= 4 is 5.94 Å². The second-order valence-corrected chi connectivity index (χ2v) is 19.5. The van der Waals surface area contributed by atoms with Crippen molar-refractivity contribution in [3.63, 3.8) is 0 Å². The third-order valence-corrected chi connectivity index (χ3v) is 9.21. The van der Waals surface area contributed by atoms with Crippen LogP contribution in [0, 0.1) is 0 Å². The molecule has 0 amide bonds. The van der Waals surface area contributed by atoms with Crippen molar-refractivity contribution in [3.05, 3.63) is 69.7 Å². The Kier molecular flexibility index (Phi) is 9.05. The van der Waals surface area contributed by atoms with Gasteiger partial charge in [-0.05, 0) is 11.1 Å². The molecular formula is C16H20Cl2SiTi. The Bertz CT molecular complexity index is 477. The number of rotatable bonds is 2. The molecule has 0 saturated carbocycles. The Morgan fingerprint density at radius 2 is 1.45 bits per heavy atom. The Hall–Kier alpha value is -0.0488. The van der Waals surface area contributed by atoms with E-state index in [1.807, 2.05) is 0 Å². The quantitative estimate of drug-likeness (QED) is 0.540. The largest absolute Gasteiger partial charge is 1.00 e. The van der Waals surface area contributed by atoms with Gasteiger partial charge in [0.25, 0.3) is 0 Å². The molecule has 0 fully saturated rings. The van der Waals surface area contributed by atoms with Gasteiger partial charge in [-0.15, -0.1) is 0 Å². The summed E-state index contributed by atoms with van der Waals surface area (Å²) in [6.07, 6.45) is 20.8. The van der Waals surface area contributed by atoms with Crippen LogP contribution >= 0.6 is 0 Å². The summed E-state index contributed by atoms with van der Waals surface area (Å²) >= 11 is 0.260. The zero-order valence-electron chi connectivity index (χ0n) is 12.2. The Balaban J connectivity index is 0.000000332. The number of hydrogen-bond donors (Lipinski definition) is 0. The predicted molar refractivity (Wildman–Crippen MR) is 79.6 cm³/mol. The molecule has 0 aliphatic heterocycles. The summed E-state index contributed by atoms with van der Waals surface area (Å²) in [4.78, 5) is 0. The van der Waals surface area contributed by atoms with Crippen molar-refractivity contribution in [3.8, 4) is 0 Å². The summed E-state index contributed by atoms with van der Waals surface area (Å²) in [7, 11) is 0. The van der Waals surface area contributed by atoms with Crippen molar-refractivity contribution < 1.29 is 43.2 Å². The standard InChI is InChI=1S/C8H6.C5H5.C3H9Si.2ClH.Ti/c1-3-7-5-2-6-8(7)4-1;1-2-4-5-3-1;1-4(2)3;;;/h1-6H;1-2,5H,3H2;1-3H3;2*1H;/q;;;;;+2/p-2. The van der Waals surface area contributed by atoms with Crippen molar-refractivity contribution in [1.29, 1.82) is 0 Å². The van der Waals surface area contributed by atoms with Gasteiger partial charge in [-0.1, -0.05) is 36.5 Å². The van der Waals surface area contributed by atoms with E-state index in [0.717, 1.165) is 0 Å². The van der Waals surface area contributed by atoms with Gasteiger partial charge < -0.3 is 24.8 Å². The van der Waals surface area contributed by atoms with E-state index < -0.39 is 5.94 Å². The molecule has 0 saturated heterocycles. The molecule has 0 spiro atoms. The predicted octanol–water partition coefficient (Wildman–Crippen LogP) is -1.27. The number of fused-ring (bicyclic) bond motifs is 1. The van der Waals surface area contributed by atoms with Gasteiger partial charge in [0.15, 0.2) is 0 Å². The van der Waals surface area contributed by atoms with Gasteiger partial charge in [0.1, 0.15) is 0 Å². The van der Waals surface area contributed by atoms with E-state index in [4.69, 9.17) is 0 Å². The third-order valence-electron chi connectivity index (χ3n) is 2.73. The third kappa shape index (κ3) is 6.60. The van der Waals surface area contributed by atoms with E-state index in [9.17, 15) is 0 Å². The molecule has 0 N–H and O–H groups in total. The van der Waals surface area contributed by atoms with Gasteiger partial charge in [0, 0.05) is 0 Å². The minimum Gasteiger partial charge on any atom is -1.00 e. The van der Waals surface area contributed by atoms with E-state index in [1.165, 1.54) is 17.6 Å². The summed E-state index contributed by atoms with van der Waals surface area (Å²) < 4.78 is 1.69. The molecule has 0 atom stereocenters. The zero-order chi connectivity index (χ0) is 13.0. The van der Waals surface area contributed by atoms with Gasteiger partial charge >= 0.3 is 72.5 Å². The molecule has 0 aromatic carbocycles. The maximum absolute atomic E-state index is 2.47. The van der Waals surface area contributed by atoms with E-state index >= 15 is 0 Å². The molecule has 3 aliphatic rings. The molecule has 106 valence electrons. The summed E-state index contributed by atoms with van der Waals surface area (Å²) in [6, 6.07) is 0. The van der Waals surface area contributed by atoms with Gasteiger partial charge in [0.05, 0.1) is 0 Å². The Morgan fingerprint density at radius 3 is 1.85 bits per heavy atom. The number of allylic oxidation sites excluding steroid dienone is 12. The fraction of sp³-hybridized carbons (Fsp3) is 0.250. The molecule has 0 unspecified atom stereocenters. The average molecular weight is 359 g/mol. The molecule has 0 aromatic rings. The number of hydrogen-bond acceptors (Lipinski definition) is 0. The van der Waals surface area contributed by atoms with Gasteiger partial charge in [0.2, 0.25) is 0 Å². The molecule has 0 nitrogen and oxygen atoms in total. The van der Waals surface area contributed by atoms with Crippen LogP contribution in [0.1, 0.15) is 6.42 Å². The van der Waals surface area contributed by atoms with Crippen molar-refractivity contribution in [2.45, 2.75) is 26.1 Å². The topological polar surface area (TPSA) is 0 Å². The van der Waals surface area contributed by atoms with Gasteiger partial charge in [-0.2, -0.15) is 0 Å². The first-order chi connectivity index (χ1) is 8.54. The van der Waals surface area contributed by atoms with Crippen LogP contribution in [0.5, 0.6) is 0 Å². The van der Waals surface area contributed by atoms with Crippen LogP contribution in [-0.2, 0) is 18.4 Å². The summed E-state index contributed by atoms with van der Waals surface area (Å²) in [5.74, 6) is -0.717. The molecule has 20 heavy (non-hydrogen) atoms. The molecule has 0 bridgehead atoms. The second-order valence-electron chi connectivity index (χ2n) is 5.63. The minimum atomic E-state index is -0.717. The fourth-order valence-corrected chi connectivity index (χ4v) is 8.34. The van der Waals surface area contributed by atoms with Crippen LogP contribution in [0.4, 0.5) is 0 Å². The first kappa shape index (κ1) is 20.0. The van der Waals surface area contributed by atoms with Crippen LogP contribution in [-0.4, -0.2) is 5.94 Å². The van der Waals surface area contributed by atoms with Crippen LogP contribution in [0.25, 0.3) is 0 Å².